The van der Waals surface area contributed by atoms with Gasteiger partial charge in [0.2, 0.25) is 0 Å². The summed E-state index contributed by atoms with van der Waals surface area (Å²) < 4.78 is 26.4. The van der Waals surface area contributed by atoms with E-state index in [4.69, 9.17) is 0 Å². The van der Waals surface area contributed by atoms with Crippen LogP contribution >= 0.6 is 0 Å². The first-order chi connectivity index (χ1) is 10.6. The van der Waals surface area contributed by atoms with Crippen LogP contribution in [0.1, 0.15) is 51.9 Å². The molecule has 1 atom stereocenters. The predicted molar refractivity (Wildman–Crippen MR) is 82.5 cm³/mol. The number of hydrogen-bond acceptors (Lipinski definition) is 1. The van der Waals surface area contributed by atoms with E-state index in [0.29, 0.717) is 6.04 Å². The number of anilines is 1. The Morgan fingerprint density at radius 3 is 2.45 bits per heavy atom. The van der Waals surface area contributed by atoms with Crippen molar-refractivity contribution in [3.63, 3.8) is 0 Å². The van der Waals surface area contributed by atoms with Crippen molar-refractivity contribution in [1.29, 1.82) is 0 Å². The molecule has 0 saturated heterocycles. The molecule has 1 aliphatic rings. The molecule has 0 aliphatic heterocycles. The third-order valence-electron chi connectivity index (χ3n) is 4.31. The van der Waals surface area contributed by atoms with Gasteiger partial charge in [-0.3, -0.25) is 4.79 Å². The van der Waals surface area contributed by atoms with Crippen LogP contribution < -0.4 is 10.6 Å². The van der Waals surface area contributed by atoms with E-state index in [1.165, 1.54) is 38.2 Å². The van der Waals surface area contributed by atoms with Crippen molar-refractivity contribution in [1.82, 2.24) is 0 Å². The van der Waals surface area contributed by atoms with E-state index in [-0.39, 0.29) is 17.6 Å². The zero-order valence-corrected chi connectivity index (χ0v) is 13.1. The van der Waals surface area contributed by atoms with Gasteiger partial charge in [0.05, 0.1) is 11.7 Å². The second-order valence-corrected chi connectivity index (χ2v) is 6.20. The summed E-state index contributed by atoms with van der Waals surface area (Å²) in [6.45, 7) is 1.83. The standard InChI is InChI=1S/C17H24F2N2O/c1-12(20-14-7-5-3-2-4-6-8-14)17(22)21-16-10-9-13(18)11-15(16)19/h9-12,14,20H,2-8H2,1H3,(H,21,22)/p+1/t12-/m1/s1. The summed E-state index contributed by atoms with van der Waals surface area (Å²) in [4.78, 5) is 12.2. The Bertz CT molecular complexity index is 499. The van der Waals surface area contributed by atoms with Crippen LogP contribution in [0.15, 0.2) is 18.2 Å². The number of rotatable bonds is 4. The number of nitrogens with one attached hydrogen (secondary N) is 1. The van der Waals surface area contributed by atoms with Gasteiger partial charge in [0.25, 0.3) is 5.91 Å². The Balaban J connectivity index is 1.88. The molecule has 1 aromatic rings. The van der Waals surface area contributed by atoms with Crippen LogP contribution in [0.2, 0.25) is 0 Å². The van der Waals surface area contributed by atoms with E-state index in [1.807, 2.05) is 6.92 Å². The summed E-state index contributed by atoms with van der Waals surface area (Å²) in [5.74, 6) is -1.64. The van der Waals surface area contributed by atoms with Crippen molar-refractivity contribution in [2.24, 2.45) is 0 Å². The number of carbonyl (C=O) groups excluding carboxylic acids is 1. The molecule has 5 heteroatoms. The minimum atomic E-state index is -0.744. The SMILES string of the molecule is C[C@@H]([NH2+]C1CCCCCCC1)C(=O)Nc1ccc(F)cc1F. The lowest BCUT2D eigenvalue weighted by atomic mass is 9.96. The molecule has 1 aliphatic carbocycles. The summed E-state index contributed by atoms with van der Waals surface area (Å²) in [7, 11) is 0. The van der Waals surface area contributed by atoms with Gasteiger partial charge in [-0.2, -0.15) is 0 Å². The Morgan fingerprint density at radius 2 is 1.82 bits per heavy atom. The highest BCUT2D eigenvalue weighted by Gasteiger charge is 2.23. The van der Waals surface area contributed by atoms with Crippen molar-refractivity contribution >= 4 is 11.6 Å². The maximum Gasteiger partial charge on any atom is 0.282 e. The van der Waals surface area contributed by atoms with Crippen LogP contribution in [0.4, 0.5) is 14.5 Å². The molecule has 3 nitrogen and oxygen atoms in total. The van der Waals surface area contributed by atoms with Crippen LogP contribution in [0.5, 0.6) is 0 Å². The number of hydrogen-bond donors (Lipinski definition) is 2. The van der Waals surface area contributed by atoms with E-state index in [9.17, 15) is 13.6 Å². The smallest absolute Gasteiger partial charge is 0.282 e. The predicted octanol–water partition coefficient (Wildman–Crippen LogP) is 2.97. The number of halogens is 2. The van der Waals surface area contributed by atoms with Crippen LogP contribution in [0.25, 0.3) is 0 Å². The minimum Gasteiger partial charge on any atom is -0.334 e. The molecule has 1 aromatic carbocycles. The Morgan fingerprint density at radius 1 is 1.18 bits per heavy atom. The molecule has 0 aromatic heterocycles. The van der Waals surface area contributed by atoms with Gasteiger partial charge in [-0.05, 0) is 44.7 Å². The average Bonchev–Trinajstić information content (AvgIpc) is 2.44. The number of benzene rings is 1. The monoisotopic (exact) mass is 311 g/mol. The minimum absolute atomic E-state index is 0.0318. The number of nitrogens with two attached hydrogens (primary N) is 1. The zero-order valence-electron chi connectivity index (χ0n) is 13.1. The van der Waals surface area contributed by atoms with Gasteiger partial charge in [0.15, 0.2) is 6.04 Å². The third kappa shape index (κ3) is 5.05. The fourth-order valence-corrected chi connectivity index (χ4v) is 3.01. The lowest BCUT2D eigenvalue weighted by Crippen LogP contribution is -2.96. The van der Waals surface area contributed by atoms with Gasteiger partial charge in [0.1, 0.15) is 11.6 Å². The second kappa shape index (κ2) is 8.22. The Hall–Kier alpha value is -1.49. The molecule has 0 bridgehead atoms. The summed E-state index contributed by atoms with van der Waals surface area (Å²) in [6, 6.07) is 3.35. The van der Waals surface area contributed by atoms with Crippen LogP contribution in [-0.4, -0.2) is 18.0 Å². The van der Waals surface area contributed by atoms with Crippen molar-refractivity contribution in [3.8, 4) is 0 Å². The molecule has 0 radical (unpaired) electrons. The normalized spacial score (nSPS) is 18.3. The molecule has 0 spiro atoms. The highest BCUT2D eigenvalue weighted by Crippen LogP contribution is 2.16. The van der Waals surface area contributed by atoms with Crippen molar-refractivity contribution < 1.29 is 18.9 Å². The highest BCUT2D eigenvalue weighted by molar-refractivity contribution is 5.93. The van der Waals surface area contributed by atoms with E-state index < -0.39 is 11.6 Å². The fraction of sp³-hybridized carbons (Fsp3) is 0.588. The molecule has 1 fully saturated rings. The summed E-state index contributed by atoms with van der Waals surface area (Å²) in [5, 5.41) is 4.63. The largest absolute Gasteiger partial charge is 0.334 e. The molecule has 1 saturated carbocycles. The van der Waals surface area contributed by atoms with Crippen molar-refractivity contribution in [2.75, 3.05) is 5.32 Å². The van der Waals surface area contributed by atoms with Crippen LogP contribution in [0.3, 0.4) is 0 Å². The van der Waals surface area contributed by atoms with Crippen molar-refractivity contribution in [3.05, 3.63) is 29.8 Å². The molecule has 1 amide bonds. The fourth-order valence-electron chi connectivity index (χ4n) is 3.01. The molecule has 0 unspecified atom stereocenters. The van der Waals surface area contributed by atoms with Gasteiger partial charge in [0, 0.05) is 6.07 Å². The van der Waals surface area contributed by atoms with E-state index >= 15 is 0 Å². The first-order valence-electron chi connectivity index (χ1n) is 8.17. The lowest BCUT2D eigenvalue weighted by molar-refractivity contribution is -0.707. The molecular weight excluding hydrogens is 286 g/mol. The summed E-state index contributed by atoms with van der Waals surface area (Å²) >= 11 is 0. The Labute approximate surface area is 130 Å². The lowest BCUT2D eigenvalue weighted by Gasteiger charge is -2.21. The quantitative estimate of drug-likeness (QED) is 0.882. The van der Waals surface area contributed by atoms with Gasteiger partial charge in [-0.25, -0.2) is 8.78 Å². The maximum atomic E-state index is 13.6. The Kier molecular flexibility index (Phi) is 6.31. The zero-order chi connectivity index (χ0) is 15.9. The highest BCUT2D eigenvalue weighted by atomic mass is 19.1. The van der Waals surface area contributed by atoms with Crippen LogP contribution in [0, 0.1) is 11.6 Å². The van der Waals surface area contributed by atoms with Gasteiger partial charge in [-0.15, -0.1) is 0 Å². The van der Waals surface area contributed by atoms with E-state index in [2.05, 4.69) is 10.6 Å². The van der Waals surface area contributed by atoms with Crippen LogP contribution in [-0.2, 0) is 4.79 Å². The van der Waals surface area contributed by atoms with Gasteiger partial charge >= 0.3 is 0 Å². The number of amides is 1. The third-order valence-corrected chi connectivity index (χ3v) is 4.31. The molecule has 2 rings (SSSR count). The molecule has 3 N–H and O–H groups in total. The number of carbonyl (C=O) groups is 1. The van der Waals surface area contributed by atoms with Gasteiger partial charge < -0.3 is 10.6 Å². The summed E-state index contributed by atoms with van der Waals surface area (Å²) in [6.07, 6.45) is 8.53. The van der Waals surface area contributed by atoms with E-state index in [0.717, 1.165) is 25.0 Å². The second-order valence-electron chi connectivity index (χ2n) is 6.20. The molecule has 122 valence electrons. The average molecular weight is 311 g/mol. The first-order valence-corrected chi connectivity index (χ1v) is 8.17. The molecule has 22 heavy (non-hydrogen) atoms. The molecular formula is C17H25F2N2O+. The molecule has 0 heterocycles. The first kappa shape index (κ1) is 16.9. The maximum absolute atomic E-state index is 13.6. The van der Waals surface area contributed by atoms with E-state index in [1.54, 1.807) is 0 Å². The van der Waals surface area contributed by atoms with Crippen molar-refractivity contribution in [2.45, 2.75) is 64.0 Å². The summed E-state index contributed by atoms with van der Waals surface area (Å²) in [5.41, 5.74) is 0.0318. The topological polar surface area (TPSA) is 45.7 Å². The number of quaternary nitrogens is 1. The van der Waals surface area contributed by atoms with Gasteiger partial charge in [-0.1, -0.05) is 19.3 Å².